The molecule has 2 saturated heterocycles. The van der Waals surface area contributed by atoms with E-state index >= 15 is 0 Å². The van der Waals surface area contributed by atoms with E-state index < -0.39 is 0 Å². The number of hydrazine groups is 1. The molecule has 2 aliphatic rings. The smallest absolute Gasteiger partial charge is 0.229 e. The van der Waals surface area contributed by atoms with Crippen LogP contribution in [0.4, 0.5) is 5.69 Å². The van der Waals surface area contributed by atoms with E-state index in [2.05, 4.69) is 30.0 Å². The van der Waals surface area contributed by atoms with Gasteiger partial charge in [-0.2, -0.15) is 0 Å². The van der Waals surface area contributed by atoms with Crippen LogP contribution in [0.15, 0.2) is 24.3 Å². The monoisotopic (exact) mass is 364 g/mol. The van der Waals surface area contributed by atoms with Crippen LogP contribution in [0.3, 0.4) is 0 Å². The van der Waals surface area contributed by atoms with Crippen molar-refractivity contribution in [2.75, 3.05) is 11.4 Å². The summed E-state index contributed by atoms with van der Waals surface area (Å²) < 4.78 is 0. The van der Waals surface area contributed by atoms with Crippen molar-refractivity contribution >= 4 is 29.1 Å². The molecule has 3 rings (SSSR count). The van der Waals surface area contributed by atoms with Crippen LogP contribution in [0.2, 0.25) is 5.02 Å². The average molecular weight is 365 g/mol. The summed E-state index contributed by atoms with van der Waals surface area (Å²) in [6.45, 7) is 4.75. The summed E-state index contributed by atoms with van der Waals surface area (Å²) in [6, 6.07) is 7.77. The first kappa shape index (κ1) is 18.2. The fourth-order valence-electron chi connectivity index (χ4n) is 3.68. The summed E-state index contributed by atoms with van der Waals surface area (Å²) in [5, 5.41) is 3.64. The molecule has 0 aromatic heterocycles. The topological polar surface area (TPSA) is 73.5 Å². The third-order valence-electron chi connectivity index (χ3n) is 5.16. The van der Waals surface area contributed by atoms with Crippen molar-refractivity contribution in [3.05, 3.63) is 29.3 Å². The number of carbonyl (C=O) groups is 2. The largest absolute Gasteiger partial charge is 0.351 e. The molecule has 3 N–H and O–H groups in total. The maximum atomic E-state index is 12.3. The summed E-state index contributed by atoms with van der Waals surface area (Å²) in [4.78, 5) is 26.2. The van der Waals surface area contributed by atoms with Gasteiger partial charge in [-0.15, -0.1) is 0 Å². The SMILES string of the molecule is CC1NNC(C)C1CCC(=O)NC1CC(=O)N(c2ccc(Cl)cc2)C1. The zero-order valence-electron chi connectivity index (χ0n) is 14.6. The fraction of sp³-hybridized carbons (Fsp3) is 0.556. The lowest BCUT2D eigenvalue weighted by molar-refractivity contribution is -0.122. The average Bonchev–Trinajstić information content (AvgIpc) is 3.09. The van der Waals surface area contributed by atoms with Gasteiger partial charge in [-0.25, -0.2) is 0 Å². The van der Waals surface area contributed by atoms with Crippen LogP contribution in [0.1, 0.15) is 33.1 Å². The van der Waals surface area contributed by atoms with Crippen molar-refractivity contribution in [3.63, 3.8) is 0 Å². The molecule has 6 nitrogen and oxygen atoms in total. The Morgan fingerprint density at radius 2 is 1.88 bits per heavy atom. The Labute approximate surface area is 153 Å². The second-order valence-corrected chi connectivity index (χ2v) is 7.45. The minimum absolute atomic E-state index is 0.0158. The van der Waals surface area contributed by atoms with E-state index in [-0.39, 0.29) is 17.9 Å². The van der Waals surface area contributed by atoms with Crippen molar-refractivity contribution in [2.24, 2.45) is 5.92 Å². The van der Waals surface area contributed by atoms with Crippen LogP contribution in [0, 0.1) is 5.92 Å². The number of halogens is 1. The molecule has 25 heavy (non-hydrogen) atoms. The molecule has 2 heterocycles. The normalized spacial score (nSPS) is 29.2. The number of benzene rings is 1. The van der Waals surface area contributed by atoms with Gasteiger partial charge in [0.1, 0.15) is 0 Å². The summed E-state index contributed by atoms with van der Waals surface area (Å²) >= 11 is 5.89. The molecule has 1 aromatic carbocycles. The van der Waals surface area contributed by atoms with Crippen molar-refractivity contribution in [1.82, 2.24) is 16.2 Å². The number of nitrogens with zero attached hydrogens (tertiary/aromatic N) is 1. The van der Waals surface area contributed by atoms with E-state index in [0.717, 1.165) is 12.1 Å². The van der Waals surface area contributed by atoms with E-state index in [1.54, 1.807) is 17.0 Å². The minimum atomic E-state index is -0.134. The van der Waals surface area contributed by atoms with Crippen LogP contribution < -0.4 is 21.1 Å². The van der Waals surface area contributed by atoms with E-state index in [4.69, 9.17) is 11.6 Å². The number of anilines is 1. The Balaban J connectivity index is 1.49. The molecule has 7 heteroatoms. The van der Waals surface area contributed by atoms with Gasteiger partial charge in [0.2, 0.25) is 11.8 Å². The fourth-order valence-corrected chi connectivity index (χ4v) is 3.81. The van der Waals surface area contributed by atoms with Crippen molar-refractivity contribution < 1.29 is 9.59 Å². The summed E-state index contributed by atoms with van der Waals surface area (Å²) in [5.41, 5.74) is 7.23. The zero-order chi connectivity index (χ0) is 18.0. The first-order valence-corrected chi connectivity index (χ1v) is 9.18. The van der Waals surface area contributed by atoms with Gasteiger partial charge in [-0.1, -0.05) is 11.6 Å². The third-order valence-corrected chi connectivity index (χ3v) is 5.41. The van der Waals surface area contributed by atoms with Gasteiger partial charge in [0.25, 0.3) is 0 Å². The number of hydrogen-bond acceptors (Lipinski definition) is 4. The lowest BCUT2D eigenvalue weighted by atomic mass is 9.91. The van der Waals surface area contributed by atoms with E-state index in [9.17, 15) is 9.59 Å². The molecule has 0 aliphatic carbocycles. The van der Waals surface area contributed by atoms with Gasteiger partial charge < -0.3 is 10.2 Å². The molecule has 136 valence electrons. The van der Waals surface area contributed by atoms with Crippen molar-refractivity contribution in [3.8, 4) is 0 Å². The number of amides is 2. The zero-order valence-corrected chi connectivity index (χ0v) is 15.3. The van der Waals surface area contributed by atoms with Gasteiger partial charge >= 0.3 is 0 Å². The lowest BCUT2D eigenvalue weighted by Crippen LogP contribution is -2.37. The van der Waals surface area contributed by atoms with Crippen molar-refractivity contribution in [2.45, 2.75) is 51.2 Å². The predicted molar refractivity (Wildman–Crippen MR) is 98.3 cm³/mol. The summed E-state index contributed by atoms with van der Waals surface area (Å²) in [7, 11) is 0. The molecule has 3 unspecified atom stereocenters. The van der Waals surface area contributed by atoms with Gasteiger partial charge in [-0.3, -0.25) is 20.4 Å². The Bertz CT molecular complexity index is 626. The molecule has 0 radical (unpaired) electrons. The third kappa shape index (κ3) is 4.32. The van der Waals surface area contributed by atoms with Gasteiger partial charge in [-0.05, 0) is 50.5 Å². The second-order valence-electron chi connectivity index (χ2n) is 7.02. The highest BCUT2D eigenvalue weighted by molar-refractivity contribution is 6.30. The molecule has 2 fully saturated rings. The Morgan fingerprint density at radius 3 is 2.52 bits per heavy atom. The number of rotatable bonds is 5. The Kier molecular flexibility index (Phi) is 5.61. The second kappa shape index (κ2) is 7.72. The maximum absolute atomic E-state index is 12.3. The minimum Gasteiger partial charge on any atom is -0.351 e. The number of hydrogen-bond donors (Lipinski definition) is 3. The summed E-state index contributed by atoms with van der Waals surface area (Å²) in [5.74, 6) is 0.475. The molecule has 0 spiro atoms. The molecule has 2 amide bonds. The van der Waals surface area contributed by atoms with E-state index in [1.807, 2.05) is 12.1 Å². The van der Waals surface area contributed by atoms with Crippen LogP contribution in [0.25, 0.3) is 0 Å². The van der Waals surface area contributed by atoms with Crippen molar-refractivity contribution in [1.29, 1.82) is 0 Å². The molecular formula is C18H25ClN4O2. The number of nitrogens with one attached hydrogen (secondary N) is 3. The molecule has 0 saturated carbocycles. The molecular weight excluding hydrogens is 340 g/mol. The molecule has 3 atom stereocenters. The van der Waals surface area contributed by atoms with Crippen LogP contribution in [-0.4, -0.2) is 36.5 Å². The molecule has 0 bridgehead atoms. The van der Waals surface area contributed by atoms with Crippen LogP contribution >= 0.6 is 11.6 Å². The highest BCUT2D eigenvalue weighted by Crippen LogP contribution is 2.24. The van der Waals surface area contributed by atoms with Gasteiger partial charge in [0.15, 0.2) is 0 Å². The number of carbonyl (C=O) groups excluding carboxylic acids is 2. The Morgan fingerprint density at radius 1 is 1.24 bits per heavy atom. The highest BCUT2D eigenvalue weighted by atomic mass is 35.5. The molecule has 2 aliphatic heterocycles. The van der Waals surface area contributed by atoms with E-state index in [0.29, 0.717) is 42.4 Å². The standard InChI is InChI=1S/C18H25ClN4O2/c1-11-16(12(2)22-21-11)7-8-17(24)20-14-9-18(25)23(10-14)15-5-3-13(19)4-6-15/h3-6,11-12,14,16,21-22H,7-10H2,1-2H3,(H,20,24). The lowest BCUT2D eigenvalue weighted by Gasteiger charge is -2.19. The maximum Gasteiger partial charge on any atom is 0.229 e. The Hall–Kier alpha value is -1.63. The summed E-state index contributed by atoms with van der Waals surface area (Å²) in [6.07, 6.45) is 1.65. The first-order valence-electron chi connectivity index (χ1n) is 8.80. The van der Waals surface area contributed by atoms with Gasteiger partial charge in [0.05, 0.1) is 6.04 Å². The first-order chi connectivity index (χ1) is 11.9. The highest BCUT2D eigenvalue weighted by Gasteiger charge is 2.33. The molecule has 1 aromatic rings. The van der Waals surface area contributed by atoms with E-state index in [1.165, 1.54) is 0 Å². The predicted octanol–water partition coefficient (Wildman–Crippen LogP) is 1.84. The van der Waals surface area contributed by atoms with Gasteiger partial charge in [0, 0.05) is 42.2 Å². The van der Waals surface area contributed by atoms with Crippen LogP contribution in [-0.2, 0) is 9.59 Å². The van der Waals surface area contributed by atoms with Crippen LogP contribution in [0.5, 0.6) is 0 Å². The quantitative estimate of drug-likeness (QED) is 0.745.